The number of hydrogen-bond acceptors (Lipinski definition) is 2. The molecule has 94 valence electrons. The molecule has 5 heteroatoms. The Morgan fingerprint density at radius 3 is 2.76 bits per heavy atom. The maximum Gasteiger partial charge on any atom is 0.304 e. The molecule has 0 bridgehead atoms. The average molecular weight is 304 g/mol. The second kappa shape index (κ2) is 6.12. The normalized spacial score (nSPS) is 12.8. The highest BCUT2D eigenvalue weighted by Gasteiger charge is 2.15. The monoisotopic (exact) mass is 303 g/mol. The van der Waals surface area contributed by atoms with Gasteiger partial charge >= 0.3 is 5.97 Å². The lowest BCUT2D eigenvalue weighted by Gasteiger charge is -2.25. The lowest BCUT2D eigenvalue weighted by molar-refractivity contribution is -0.137. The molecule has 17 heavy (non-hydrogen) atoms. The van der Waals surface area contributed by atoms with E-state index in [0.717, 1.165) is 5.56 Å². The first kappa shape index (κ1) is 14.1. The van der Waals surface area contributed by atoms with Crippen molar-refractivity contribution in [2.24, 2.45) is 0 Å². The highest BCUT2D eigenvalue weighted by Crippen LogP contribution is 2.27. The third-order valence-electron chi connectivity index (χ3n) is 2.75. The first-order chi connectivity index (χ1) is 7.91. The van der Waals surface area contributed by atoms with E-state index < -0.39 is 5.97 Å². The summed E-state index contributed by atoms with van der Waals surface area (Å²) in [6, 6.07) is 4.56. The molecule has 1 N–H and O–H groups in total. The number of halogens is 2. The van der Waals surface area contributed by atoms with Crippen molar-refractivity contribution in [2.45, 2.75) is 19.4 Å². The fraction of sp³-hybridized carbons (Fsp3) is 0.417. The van der Waals surface area contributed by atoms with Gasteiger partial charge in [0.25, 0.3) is 0 Å². The number of carboxylic acids is 1. The van der Waals surface area contributed by atoms with Crippen molar-refractivity contribution in [1.82, 2.24) is 4.90 Å². The average Bonchev–Trinajstić information content (AvgIpc) is 2.25. The predicted octanol–water partition coefficient (Wildman–Crippen LogP) is 3.06. The standard InChI is InChI=1S/C12H15BrFNO2/c1-8(15(2)6-5-12(16)17)10-4-3-9(14)7-11(10)13/h3-4,7-8H,5-6H2,1-2H3,(H,16,17). The van der Waals surface area contributed by atoms with Gasteiger partial charge in [0.15, 0.2) is 0 Å². The van der Waals surface area contributed by atoms with Crippen molar-refractivity contribution in [3.63, 3.8) is 0 Å². The summed E-state index contributed by atoms with van der Waals surface area (Å²) in [6.07, 6.45) is 0.0969. The molecule has 0 heterocycles. The number of benzene rings is 1. The zero-order chi connectivity index (χ0) is 13.0. The highest BCUT2D eigenvalue weighted by atomic mass is 79.9. The summed E-state index contributed by atoms with van der Waals surface area (Å²) >= 11 is 3.31. The van der Waals surface area contributed by atoms with Gasteiger partial charge in [-0.05, 0) is 31.7 Å². The fourth-order valence-corrected chi connectivity index (χ4v) is 2.23. The lowest BCUT2D eigenvalue weighted by Crippen LogP contribution is -2.25. The van der Waals surface area contributed by atoms with Crippen LogP contribution in [0.25, 0.3) is 0 Å². The first-order valence-electron chi connectivity index (χ1n) is 5.28. The summed E-state index contributed by atoms with van der Waals surface area (Å²) in [5, 5.41) is 8.62. The van der Waals surface area contributed by atoms with E-state index in [1.165, 1.54) is 12.1 Å². The van der Waals surface area contributed by atoms with E-state index in [1.54, 1.807) is 6.07 Å². The Kier molecular flexibility index (Phi) is 5.08. The zero-order valence-corrected chi connectivity index (χ0v) is 11.4. The van der Waals surface area contributed by atoms with Crippen molar-refractivity contribution in [2.75, 3.05) is 13.6 Å². The maximum absolute atomic E-state index is 12.9. The van der Waals surface area contributed by atoms with Gasteiger partial charge in [-0.2, -0.15) is 0 Å². The molecule has 0 amide bonds. The molecule has 0 aliphatic heterocycles. The Hall–Kier alpha value is -0.940. The van der Waals surface area contributed by atoms with Crippen LogP contribution in [0.2, 0.25) is 0 Å². The van der Waals surface area contributed by atoms with Crippen LogP contribution in [0.1, 0.15) is 24.9 Å². The largest absolute Gasteiger partial charge is 0.481 e. The first-order valence-corrected chi connectivity index (χ1v) is 6.08. The Balaban J connectivity index is 2.74. The summed E-state index contributed by atoms with van der Waals surface area (Å²) < 4.78 is 13.6. The molecule has 1 aromatic rings. The van der Waals surface area contributed by atoms with E-state index in [2.05, 4.69) is 15.9 Å². The molecule has 0 saturated carbocycles. The number of carbonyl (C=O) groups is 1. The van der Waals surface area contributed by atoms with Crippen LogP contribution in [0.15, 0.2) is 22.7 Å². The minimum atomic E-state index is -0.817. The number of aliphatic carboxylic acids is 1. The molecule has 1 unspecified atom stereocenters. The summed E-state index contributed by atoms with van der Waals surface area (Å²) in [4.78, 5) is 12.4. The Morgan fingerprint density at radius 1 is 1.59 bits per heavy atom. The van der Waals surface area contributed by atoms with Gasteiger partial charge in [-0.15, -0.1) is 0 Å². The Morgan fingerprint density at radius 2 is 2.24 bits per heavy atom. The molecule has 1 atom stereocenters. The minimum Gasteiger partial charge on any atom is -0.481 e. The van der Waals surface area contributed by atoms with Gasteiger partial charge in [-0.3, -0.25) is 9.69 Å². The summed E-state index contributed by atoms with van der Waals surface area (Å²) in [6.45, 7) is 2.42. The molecule has 1 aromatic carbocycles. The second-order valence-electron chi connectivity index (χ2n) is 3.97. The molecule has 0 spiro atoms. The van der Waals surface area contributed by atoms with Crippen molar-refractivity contribution in [1.29, 1.82) is 0 Å². The molecule has 0 aromatic heterocycles. The lowest BCUT2D eigenvalue weighted by atomic mass is 10.1. The molecule has 0 aliphatic rings. The van der Waals surface area contributed by atoms with E-state index in [4.69, 9.17) is 5.11 Å². The molecule has 0 saturated heterocycles. The smallest absolute Gasteiger partial charge is 0.304 e. The zero-order valence-electron chi connectivity index (χ0n) is 9.78. The summed E-state index contributed by atoms with van der Waals surface area (Å²) in [7, 11) is 1.85. The van der Waals surface area contributed by atoms with Crippen LogP contribution in [0.3, 0.4) is 0 Å². The molecule has 0 fully saturated rings. The van der Waals surface area contributed by atoms with Crippen LogP contribution in [-0.4, -0.2) is 29.6 Å². The number of nitrogens with zero attached hydrogens (tertiary/aromatic N) is 1. The van der Waals surface area contributed by atoms with E-state index in [1.807, 2.05) is 18.9 Å². The molecule has 3 nitrogen and oxygen atoms in total. The van der Waals surface area contributed by atoms with Crippen LogP contribution in [-0.2, 0) is 4.79 Å². The van der Waals surface area contributed by atoms with E-state index in [0.29, 0.717) is 11.0 Å². The topological polar surface area (TPSA) is 40.5 Å². The summed E-state index contributed by atoms with van der Waals surface area (Å²) in [5.41, 5.74) is 0.944. The summed E-state index contributed by atoms with van der Waals surface area (Å²) in [5.74, 6) is -1.11. The van der Waals surface area contributed by atoms with Gasteiger partial charge in [0, 0.05) is 17.1 Å². The predicted molar refractivity (Wildman–Crippen MR) is 67.4 cm³/mol. The van der Waals surface area contributed by atoms with Gasteiger partial charge in [0.2, 0.25) is 0 Å². The van der Waals surface area contributed by atoms with Crippen LogP contribution >= 0.6 is 15.9 Å². The molecule has 1 rings (SSSR count). The van der Waals surface area contributed by atoms with Crippen molar-refractivity contribution >= 4 is 21.9 Å². The van der Waals surface area contributed by atoms with Gasteiger partial charge in [-0.1, -0.05) is 22.0 Å². The van der Waals surface area contributed by atoms with E-state index >= 15 is 0 Å². The highest BCUT2D eigenvalue weighted by molar-refractivity contribution is 9.10. The Bertz CT molecular complexity index is 411. The van der Waals surface area contributed by atoms with Crippen LogP contribution in [0.4, 0.5) is 4.39 Å². The third-order valence-corrected chi connectivity index (χ3v) is 3.44. The number of hydrogen-bond donors (Lipinski definition) is 1. The second-order valence-corrected chi connectivity index (χ2v) is 4.82. The van der Waals surface area contributed by atoms with Crippen molar-refractivity contribution in [3.8, 4) is 0 Å². The SMILES string of the molecule is CC(c1ccc(F)cc1Br)N(C)CCC(=O)O. The van der Waals surface area contributed by atoms with Gasteiger partial charge < -0.3 is 5.11 Å². The van der Waals surface area contributed by atoms with Gasteiger partial charge in [0.1, 0.15) is 5.82 Å². The van der Waals surface area contributed by atoms with Crippen LogP contribution < -0.4 is 0 Å². The molecular weight excluding hydrogens is 289 g/mol. The van der Waals surface area contributed by atoms with Crippen LogP contribution in [0.5, 0.6) is 0 Å². The van der Waals surface area contributed by atoms with E-state index in [-0.39, 0.29) is 18.3 Å². The van der Waals surface area contributed by atoms with Crippen molar-refractivity contribution < 1.29 is 14.3 Å². The van der Waals surface area contributed by atoms with Crippen LogP contribution in [0, 0.1) is 5.82 Å². The maximum atomic E-state index is 12.9. The number of rotatable bonds is 5. The van der Waals surface area contributed by atoms with Crippen molar-refractivity contribution in [3.05, 3.63) is 34.1 Å². The fourth-order valence-electron chi connectivity index (χ4n) is 1.54. The van der Waals surface area contributed by atoms with E-state index in [9.17, 15) is 9.18 Å². The quantitative estimate of drug-likeness (QED) is 0.909. The molecule has 0 radical (unpaired) electrons. The molecular formula is C12H15BrFNO2. The van der Waals surface area contributed by atoms with Gasteiger partial charge in [-0.25, -0.2) is 4.39 Å². The van der Waals surface area contributed by atoms with Gasteiger partial charge in [0.05, 0.1) is 6.42 Å². The molecule has 0 aliphatic carbocycles. The number of carboxylic acid groups (broad SMARTS) is 1. The third kappa shape index (κ3) is 4.09. The Labute approximate surface area is 108 Å². The minimum absolute atomic E-state index is 0.0318.